The highest BCUT2D eigenvalue weighted by Gasteiger charge is 2.11. The van der Waals surface area contributed by atoms with E-state index in [0.29, 0.717) is 6.42 Å². The number of rotatable bonds is 17. The maximum atomic E-state index is 12.1. The van der Waals surface area contributed by atoms with Crippen LogP contribution >= 0.6 is 0 Å². The lowest BCUT2D eigenvalue weighted by Crippen LogP contribution is -1.99. The maximum Gasteiger partial charge on any atom is 0.166 e. The molecule has 3 heteroatoms. The number of phenols is 2. The molecule has 1 aromatic rings. The van der Waals surface area contributed by atoms with E-state index in [1.54, 1.807) is 0 Å². The molecular formula is C24H40O3. The lowest BCUT2D eigenvalue weighted by atomic mass is 10.0. The van der Waals surface area contributed by atoms with Crippen LogP contribution in [0.2, 0.25) is 0 Å². The van der Waals surface area contributed by atoms with Gasteiger partial charge in [0.2, 0.25) is 0 Å². The minimum absolute atomic E-state index is 0.0210. The van der Waals surface area contributed by atoms with Gasteiger partial charge in [0.15, 0.2) is 5.78 Å². The van der Waals surface area contributed by atoms with Crippen molar-refractivity contribution in [2.75, 3.05) is 0 Å². The van der Waals surface area contributed by atoms with Crippen LogP contribution in [0.5, 0.6) is 11.5 Å². The summed E-state index contributed by atoms with van der Waals surface area (Å²) in [6.45, 7) is 2.27. The smallest absolute Gasteiger partial charge is 0.166 e. The van der Waals surface area contributed by atoms with Crippen LogP contribution in [0.1, 0.15) is 120 Å². The molecule has 0 aromatic heterocycles. The topological polar surface area (TPSA) is 57.5 Å². The average Bonchev–Trinajstić information content (AvgIpc) is 2.66. The number of ketones is 1. The van der Waals surface area contributed by atoms with E-state index in [1.807, 2.05) is 0 Å². The monoisotopic (exact) mass is 376 g/mol. The highest BCUT2D eigenvalue weighted by Crippen LogP contribution is 2.24. The summed E-state index contributed by atoms with van der Waals surface area (Å²) in [4.78, 5) is 12.1. The summed E-state index contributed by atoms with van der Waals surface area (Å²) < 4.78 is 0. The summed E-state index contributed by atoms with van der Waals surface area (Å²) in [6, 6.07) is 4.11. The third kappa shape index (κ3) is 11.7. The minimum Gasteiger partial charge on any atom is -0.508 e. The zero-order chi connectivity index (χ0) is 19.7. The number of aromatic hydroxyl groups is 2. The first kappa shape index (κ1) is 23.5. The Morgan fingerprint density at radius 3 is 1.63 bits per heavy atom. The molecule has 0 aliphatic carbocycles. The van der Waals surface area contributed by atoms with Gasteiger partial charge >= 0.3 is 0 Å². The van der Waals surface area contributed by atoms with Crippen molar-refractivity contribution in [2.24, 2.45) is 0 Å². The predicted molar refractivity (Wildman–Crippen MR) is 114 cm³/mol. The van der Waals surface area contributed by atoms with Gasteiger partial charge in [-0.25, -0.2) is 0 Å². The van der Waals surface area contributed by atoms with E-state index in [9.17, 15) is 15.0 Å². The van der Waals surface area contributed by atoms with Gasteiger partial charge in [0.25, 0.3) is 0 Å². The molecule has 0 radical (unpaired) electrons. The van der Waals surface area contributed by atoms with Crippen LogP contribution in [0.15, 0.2) is 18.2 Å². The third-order valence-electron chi connectivity index (χ3n) is 5.29. The molecule has 3 nitrogen and oxygen atoms in total. The molecule has 0 heterocycles. The fraction of sp³-hybridized carbons (Fsp3) is 0.708. The van der Waals surface area contributed by atoms with E-state index in [4.69, 9.17) is 0 Å². The summed E-state index contributed by atoms with van der Waals surface area (Å²) >= 11 is 0. The van der Waals surface area contributed by atoms with Crippen molar-refractivity contribution in [3.63, 3.8) is 0 Å². The number of carbonyl (C=O) groups is 1. The summed E-state index contributed by atoms with van der Waals surface area (Å²) in [5.74, 6) is -0.107. The van der Waals surface area contributed by atoms with Gasteiger partial charge in [-0.3, -0.25) is 4.79 Å². The summed E-state index contributed by atoms with van der Waals surface area (Å²) in [7, 11) is 0. The quantitative estimate of drug-likeness (QED) is 0.168. The van der Waals surface area contributed by atoms with Gasteiger partial charge in [-0.15, -0.1) is 0 Å². The Morgan fingerprint density at radius 1 is 0.704 bits per heavy atom. The van der Waals surface area contributed by atoms with Gasteiger partial charge in [-0.1, -0.05) is 96.8 Å². The second kappa shape index (κ2) is 15.5. The number of carbonyl (C=O) groups excluding carboxylic acids is 1. The molecule has 2 N–H and O–H groups in total. The van der Waals surface area contributed by atoms with Crippen LogP contribution in [0.3, 0.4) is 0 Å². The zero-order valence-electron chi connectivity index (χ0n) is 17.3. The number of Topliss-reactive ketones (excluding diaryl/α,β-unsaturated/α-hetero) is 1. The van der Waals surface area contributed by atoms with Gasteiger partial charge in [0.1, 0.15) is 11.5 Å². The lowest BCUT2D eigenvalue weighted by Gasteiger charge is -2.05. The molecule has 0 saturated heterocycles. The highest BCUT2D eigenvalue weighted by molar-refractivity contribution is 5.98. The zero-order valence-corrected chi connectivity index (χ0v) is 17.3. The second-order valence-corrected chi connectivity index (χ2v) is 7.82. The van der Waals surface area contributed by atoms with Crippen molar-refractivity contribution in [2.45, 2.75) is 110 Å². The molecule has 0 atom stereocenters. The number of unbranched alkanes of at least 4 members (excludes halogenated alkanes) is 14. The molecule has 0 spiro atoms. The van der Waals surface area contributed by atoms with Crippen molar-refractivity contribution in [3.8, 4) is 11.5 Å². The van der Waals surface area contributed by atoms with Crippen LogP contribution in [0.4, 0.5) is 0 Å². The molecule has 0 fully saturated rings. The number of benzene rings is 1. The number of hydrogen-bond acceptors (Lipinski definition) is 3. The van der Waals surface area contributed by atoms with Crippen LogP contribution in [-0.4, -0.2) is 16.0 Å². The van der Waals surface area contributed by atoms with E-state index in [1.165, 1.54) is 102 Å². The van der Waals surface area contributed by atoms with Gasteiger partial charge in [-0.05, 0) is 24.6 Å². The molecule has 1 aromatic carbocycles. The Bertz CT molecular complexity index is 510. The molecule has 154 valence electrons. The Morgan fingerprint density at radius 2 is 1.15 bits per heavy atom. The molecule has 0 aliphatic rings. The molecule has 0 amide bonds. The molecule has 0 bridgehead atoms. The molecule has 0 aliphatic heterocycles. The van der Waals surface area contributed by atoms with E-state index in [2.05, 4.69) is 6.92 Å². The van der Waals surface area contributed by atoms with Crippen molar-refractivity contribution in [1.29, 1.82) is 0 Å². The SMILES string of the molecule is CCCCCCCCCCCCCCCCCC(=O)c1cc(O)ccc1O. The maximum absolute atomic E-state index is 12.1. The van der Waals surface area contributed by atoms with Crippen LogP contribution in [0, 0.1) is 0 Å². The molecule has 1 rings (SSSR count). The van der Waals surface area contributed by atoms with E-state index < -0.39 is 0 Å². The molecular weight excluding hydrogens is 336 g/mol. The Labute approximate surface area is 166 Å². The van der Waals surface area contributed by atoms with E-state index in [0.717, 1.165) is 12.8 Å². The van der Waals surface area contributed by atoms with Crippen molar-refractivity contribution >= 4 is 5.78 Å². The minimum atomic E-state index is -0.0851. The van der Waals surface area contributed by atoms with Crippen molar-refractivity contribution < 1.29 is 15.0 Å². The third-order valence-corrected chi connectivity index (χ3v) is 5.29. The van der Waals surface area contributed by atoms with Gasteiger partial charge in [0, 0.05) is 6.42 Å². The Balaban J connectivity index is 1.89. The molecule has 0 unspecified atom stereocenters. The largest absolute Gasteiger partial charge is 0.508 e. The standard InChI is InChI=1S/C24H40O3/c1-2-3-4-5-6-7-8-9-10-11-12-13-14-15-16-17-23(26)22-20-21(25)18-19-24(22)27/h18-20,25,27H,2-17H2,1H3. The number of hydrogen-bond donors (Lipinski definition) is 2. The van der Waals surface area contributed by atoms with E-state index >= 15 is 0 Å². The fourth-order valence-electron chi connectivity index (χ4n) is 3.54. The van der Waals surface area contributed by atoms with Crippen LogP contribution in [-0.2, 0) is 0 Å². The van der Waals surface area contributed by atoms with Gasteiger partial charge < -0.3 is 10.2 Å². The first-order chi connectivity index (χ1) is 13.1. The average molecular weight is 377 g/mol. The summed E-state index contributed by atoms with van der Waals surface area (Å²) in [5, 5.41) is 19.1. The second-order valence-electron chi connectivity index (χ2n) is 7.82. The van der Waals surface area contributed by atoms with Gasteiger partial charge in [-0.2, -0.15) is 0 Å². The molecule has 27 heavy (non-hydrogen) atoms. The predicted octanol–water partition coefficient (Wildman–Crippen LogP) is 7.54. The summed E-state index contributed by atoms with van der Waals surface area (Å²) in [5.41, 5.74) is 0.236. The number of phenolic OH excluding ortho intramolecular Hbond substituents is 2. The first-order valence-corrected chi connectivity index (χ1v) is 11.2. The Kier molecular flexibility index (Phi) is 13.5. The van der Waals surface area contributed by atoms with Gasteiger partial charge in [0.05, 0.1) is 5.56 Å². The van der Waals surface area contributed by atoms with Crippen molar-refractivity contribution in [3.05, 3.63) is 23.8 Å². The first-order valence-electron chi connectivity index (χ1n) is 11.2. The van der Waals surface area contributed by atoms with Crippen LogP contribution < -0.4 is 0 Å². The summed E-state index contributed by atoms with van der Waals surface area (Å²) in [6.07, 6.45) is 20.0. The normalized spacial score (nSPS) is 11.0. The lowest BCUT2D eigenvalue weighted by molar-refractivity contribution is 0.0976. The van der Waals surface area contributed by atoms with E-state index in [-0.39, 0.29) is 22.8 Å². The Hall–Kier alpha value is -1.51. The molecule has 0 saturated carbocycles. The highest BCUT2D eigenvalue weighted by atomic mass is 16.3. The fourth-order valence-corrected chi connectivity index (χ4v) is 3.54. The van der Waals surface area contributed by atoms with Crippen molar-refractivity contribution in [1.82, 2.24) is 0 Å². The van der Waals surface area contributed by atoms with Crippen LogP contribution in [0.25, 0.3) is 0 Å².